The number of carbonyl (C=O) groups is 1. The highest BCUT2D eigenvalue weighted by atomic mass is 32.2. The van der Waals surface area contributed by atoms with E-state index in [-0.39, 0.29) is 5.91 Å². The second kappa shape index (κ2) is 2.18. The van der Waals surface area contributed by atoms with Gasteiger partial charge in [-0.1, -0.05) is 0 Å². The number of H-pyrrole nitrogens is 1. The van der Waals surface area contributed by atoms with Crippen molar-refractivity contribution in [1.29, 1.82) is 0 Å². The van der Waals surface area contributed by atoms with Crippen LogP contribution in [0.4, 0.5) is 0 Å². The first-order chi connectivity index (χ1) is 5.27. The maximum atomic E-state index is 11.0. The fourth-order valence-electron chi connectivity index (χ4n) is 0.840. The molecule has 1 unspecified atom stereocenters. The van der Waals surface area contributed by atoms with Crippen molar-refractivity contribution in [3.8, 4) is 0 Å². The minimum atomic E-state index is -1.46. The van der Waals surface area contributed by atoms with Crippen LogP contribution in [0.1, 0.15) is 0 Å². The van der Waals surface area contributed by atoms with E-state index in [4.69, 9.17) is 0 Å². The number of hydrogen-bond acceptors (Lipinski definition) is 3. The third-order valence-corrected chi connectivity index (χ3v) is 2.36. The van der Waals surface area contributed by atoms with Gasteiger partial charge < -0.3 is 14.3 Å². The molecule has 0 fully saturated rings. The predicted octanol–water partition coefficient (Wildman–Crippen LogP) is -1.11. The molecule has 0 spiro atoms. The zero-order chi connectivity index (χ0) is 7.84. The Kier molecular flexibility index (Phi) is 1.30. The van der Waals surface area contributed by atoms with Gasteiger partial charge in [0.25, 0.3) is 5.91 Å². The summed E-state index contributed by atoms with van der Waals surface area (Å²) in [5.41, 5.74) is 0. The topological polar surface area (TPSA) is 80.8 Å². The Labute approximate surface area is 64.0 Å². The van der Waals surface area contributed by atoms with Crippen LogP contribution < -0.4 is 10.1 Å². The summed E-state index contributed by atoms with van der Waals surface area (Å²) >= 11 is 0. The minimum absolute atomic E-state index is 0.372. The molecule has 11 heavy (non-hydrogen) atoms. The highest BCUT2D eigenvalue weighted by Crippen LogP contribution is 2.03. The smallest absolute Gasteiger partial charge is 0.254 e. The summed E-state index contributed by atoms with van der Waals surface area (Å²) < 4.78 is 13.7. The Balaban J connectivity index is 2.90. The van der Waals surface area contributed by atoms with Crippen LogP contribution in [-0.2, 0) is 4.79 Å². The lowest BCUT2D eigenvalue weighted by Gasteiger charge is -2.14. The second-order valence-electron chi connectivity index (χ2n) is 2.00. The molecule has 5 nitrogen and oxygen atoms in total. The summed E-state index contributed by atoms with van der Waals surface area (Å²) in [5.74, 6) is -0.372. The Hall–Kier alpha value is -1.14. The molecule has 0 aliphatic carbocycles. The normalized spacial score (nSPS) is 21.9. The molecule has 2 N–H and O–H groups in total. The molecule has 1 amide bonds. The summed E-state index contributed by atoms with van der Waals surface area (Å²) in [6.07, 6.45) is 2.70. The number of amides is 1. The summed E-state index contributed by atoms with van der Waals surface area (Å²) in [4.78, 5) is 17.2. The van der Waals surface area contributed by atoms with Crippen molar-refractivity contribution in [3.63, 3.8) is 0 Å². The Bertz CT molecular complexity index is 421. The number of nitrogens with zero attached hydrogens (tertiary/aromatic N) is 1. The van der Waals surface area contributed by atoms with Crippen molar-refractivity contribution in [1.82, 2.24) is 14.7 Å². The van der Waals surface area contributed by atoms with Crippen LogP contribution in [0.2, 0.25) is 0 Å². The highest BCUT2D eigenvalue weighted by Gasteiger charge is 2.01. The first-order valence-electron chi connectivity index (χ1n) is 2.88. The van der Waals surface area contributed by atoms with Crippen molar-refractivity contribution in [3.05, 3.63) is 16.3 Å². The molecule has 1 aromatic heterocycles. The van der Waals surface area contributed by atoms with Gasteiger partial charge in [-0.25, -0.2) is 4.98 Å². The molecule has 58 valence electrons. The van der Waals surface area contributed by atoms with Gasteiger partial charge in [-0.15, -0.1) is 0 Å². The monoisotopic (exact) mass is 170 g/mol. The predicted molar refractivity (Wildman–Crippen MR) is 38.0 cm³/mol. The number of hydrogen-bond donors (Lipinski definition) is 2. The third-order valence-electron chi connectivity index (χ3n) is 1.28. The van der Waals surface area contributed by atoms with Gasteiger partial charge in [0, 0.05) is 6.08 Å². The largest absolute Gasteiger partial charge is 0.785 e. The van der Waals surface area contributed by atoms with Crippen molar-refractivity contribution < 1.29 is 9.35 Å². The fraction of sp³-hybridized carbons (Fsp3) is 0. The quantitative estimate of drug-likeness (QED) is 0.484. The first kappa shape index (κ1) is 6.56. The van der Waals surface area contributed by atoms with Crippen LogP contribution in [0.5, 0.6) is 0 Å². The van der Waals surface area contributed by atoms with Gasteiger partial charge in [-0.2, -0.15) is 11.0 Å². The van der Waals surface area contributed by atoms with Gasteiger partial charge in [0.1, 0.15) is 5.35 Å². The summed E-state index contributed by atoms with van der Waals surface area (Å²) in [6.45, 7) is 0. The molecule has 1 aromatic rings. The molecular formula is C5H4N3O2S-. The van der Waals surface area contributed by atoms with Crippen LogP contribution >= 0.6 is 11.0 Å². The SMILES string of the molecule is O=C1C=c2nc[nH]c2=S([O-])N1. The second-order valence-corrected chi connectivity index (χ2v) is 3.15. The van der Waals surface area contributed by atoms with E-state index in [1.165, 1.54) is 12.4 Å². The van der Waals surface area contributed by atoms with Crippen molar-refractivity contribution >= 4 is 22.9 Å². The lowest BCUT2D eigenvalue weighted by atomic mass is 10.5. The summed E-state index contributed by atoms with van der Waals surface area (Å²) in [7, 11) is -1.46. The molecule has 2 heterocycles. The van der Waals surface area contributed by atoms with E-state index in [0.717, 1.165) is 0 Å². The first-order valence-corrected chi connectivity index (χ1v) is 4.03. The van der Waals surface area contributed by atoms with Gasteiger partial charge in [0.2, 0.25) is 0 Å². The van der Waals surface area contributed by atoms with Crippen LogP contribution in [0, 0.1) is 4.64 Å². The van der Waals surface area contributed by atoms with Crippen LogP contribution in [-0.4, -0.2) is 20.4 Å². The van der Waals surface area contributed by atoms with Gasteiger partial charge in [0.05, 0.1) is 11.0 Å². The van der Waals surface area contributed by atoms with Gasteiger partial charge in [-0.05, 0) is 0 Å². The van der Waals surface area contributed by atoms with E-state index in [0.29, 0.717) is 9.99 Å². The van der Waals surface area contributed by atoms with E-state index in [1.54, 1.807) is 0 Å². The Morgan fingerprint density at radius 2 is 2.45 bits per heavy atom. The van der Waals surface area contributed by atoms with Crippen molar-refractivity contribution in [2.24, 2.45) is 0 Å². The molecule has 0 saturated heterocycles. The molecule has 1 atom stereocenters. The molecule has 0 saturated carbocycles. The lowest BCUT2D eigenvalue weighted by Crippen LogP contribution is -2.24. The summed E-state index contributed by atoms with van der Waals surface area (Å²) in [6, 6.07) is 0. The van der Waals surface area contributed by atoms with Crippen LogP contribution in [0.15, 0.2) is 6.33 Å². The number of imidazole rings is 1. The molecular weight excluding hydrogens is 166 g/mol. The van der Waals surface area contributed by atoms with E-state index in [9.17, 15) is 9.35 Å². The molecule has 0 aromatic carbocycles. The third kappa shape index (κ3) is 0.958. The maximum Gasteiger partial charge on any atom is 0.254 e. The molecule has 6 heteroatoms. The van der Waals surface area contributed by atoms with E-state index in [2.05, 4.69) is 14.7 Å². The molecule has 0 bridgehead atoms. The van der Waals surface area contributed by atoms with E-state index in [1.807, 2.05) is 0 Å². The molecule has 1 aliphatic heterocycles. The molecule has 1 aliphatic rings. The van der Waals surface area contributed by atoms with Gasteiger partial charge >= 0.3 is 0 Å². The highest BCUT2D eigenvalue weighted by molar-refractivity contribution is 8.02. The van der Waals surface area contributed by atoms with E-state index >= 15 is 0 Å². The zero-order valence-electron chi connectivity index (χ0n) is 5.33. The average molecular weight is 170 g/mol. The summed E-state index contributed by atoms with van der Waals surface area (Å²) in [5, 5.41) is 0.451. The molecule has 2 rings (SSSR count). The number of aromatic amines is 1. The van der Waals surface area contributed by atoms with Gasteiger partial charge in [0.15, 0.2) is 0 Å². The number of fused-ring (bicyclic) bond motifs is 1. The van der Waals surface area contributed by atoms with Gasteiger partial charge in [-0.3, -0.25) is 4.79 Å². The number of rotatable bonds is 0. The van der Waals surface area contributed by atoms with E-state index < -0.39 is 11.0 Å². The maximum absolute atomic E-state index is 11.0. The fourth-order valence-corrected chi connectivity index (χ4v) is 1.65. The number of carbonyl (C=O) groups excluding carboxylic acids is 1. The number of nitrogens with one attached hydrogen (secondary N) is 2. The standard InChI is InChI=1S/C5H5N3O2S/c9-4-1-3-5(7-2-6-3)11(10)8-4/h1-2H,(H3,6,7,8,9,10)/p-1. The Morgan fingerprint density at radius 3 is 3.27 bits per heavy atom. The average Bonchev–Trinajstić information content (AvgIpc) is 2.34. The van der Waals surface area contributed by atoms with Crippen molar-refractivity contribution in [2.75, 3.05) is 0 Å². The minimum Gasteiger partial charge on any atom is -0.785 e. The number of aromatic nitrogens is 2. The zero-order valence-corrected chi connectivity index (χ0v) is 6.14. The van der Waals surface area contributed by atoms with Crippen molar-refractivity contribution in [2.45, 2.75) is 0 Å². The van der Waals surface area contributed by atoms with Crippen LogP contribution in [0.25, 0.3) is 6.08 Å². The molecule has 0 radical (unpaired) electrons. The lowest BCUT2D eigenvalue weighted by molar-refractivity contribution is -0.113. The van der Waals surface area contributed by atoms with Crippen LogP contribution in [0.3, 0.4) is 0 Å². The Morgan fingerprint density at radius 1 is 1.64 bits per heavy atom.